The summed E-state index contributed by atoms with van der Waals surface area (Å²) in [5.41, 5.74) is 9.39. The summed E-state index contributed by atoms with van der Waals surface area (Å²) in [4.78, 5) is 28.2. The predicted molar refractivity (Wildman–Crippen MR) is 356 cm³/mol. The summed E-state index contributed by atoms with van der Waals surface area (Å²) in [5.74, 6) is -0.812. The van der Waals surface area contributed by atoms with Crippen LogP contribution in [0.25, 0.3) is 11.1 Å². The molecule has 0 unspecified atom stereocenters. The summed E-state index contributed by atoms with van der Waals surface area (Å²) >= 11 is 0. The minimum atomic E-state index is -1.35. The van der Waals surface area contributed by atoms with Crippen LogP contribution in [0, 0.1) is 0 Å². The highest BCUT2D eigenvalue weighted by Gasteiger charge is 2.58. The van der Waals surface area contributed by atoms with Crippen molar-refractivity contribution in [1.29, 1.82) is 0 Å². The summed E-state index contributed by atoms with van der Waals surface area (Å²) in [6.07, 6.45) is -16.4. The third-order valence-corrected chi connectivity index (χ3v) is 18.2. The van der Waals surface area contributed by atoms with Crippen LogP contribution in [-0.4, -0.2) is 143 Å². The van der Waals surface area contributed by atoms with Gasteiger partial charge in [0.1, 0.15) is 80.2 Å². The van der Waals surface area contributed by atoms with Gasteiger partial charge in [0.25, 0.3) is 0 Å². The molecule has 97 heavy (non-hydrogen) atoms. The molecule has 506 valence electrons. The largest absolute Gasteiger partial charge is 0.449 e. The highest BCUT2D eigenvalue weighted by Crippen LogP contribution is 2.45. The number of amides is 2. The molecule has 4 aliphatic heterocycles. The van der Waals surface area contributed by atoms with Crippen molar-refractivity contribution in [3.05, 3.63) is 275 Å². The topological polar surface area (TPSA) is 208 Å². The average molecular weight is 1320 g/mol. The summed E-state index contributed by atoms with van der Waals surface area (Å²) in [6, 6.07) is 73.2. The fourth-order valence-electron chi connectivity index (χ4n) is 13.4. The van der Waals surface area contributed by atoms with Crippen molar-refractivity contribution in [3.8, 4) is 11.1 Å². The van der Waals surface area contributed by atoms with Crippen LogP contribution in [0.4, 0.5) is 4.79 Å². The maximum absolute atomic E-state index is 14.6. The first-order valence-corrected chi connectivity index (χ1v) is 33.1. The maximum Gasteiger partial charge on any atom is 0.407 e. The van der Waals surface area contributed by atoms with Crippen molar-refractivity contribution >= 4 is 12.0 Å². The third kappa shape index (κ3) is 16.6. The zero-order chi connectivity index (χ0) is 66.3. The lowest BCUT2D eigenvalue weighted by Crippen LogP contribution is -2.70. The lowest BCUT2D eigenvalue weighted by Gasteiger charge is -2.52. The number of ether oxygens (including phenoxy) is 14. The predicted octanol–water partition coefficient (Wildman–Crippen LogP) is 10.7. The molecule has 0 radical (unpaired) electrons. The quantitative estimate of drug-likeness (QED) is 0.0437. The summed E-state index contributed by atoms with van der Waals surface area (Å²) < 4.78 is 96.2. The van der Waals surface area contributed by atoms with E-state index in [4.69, 9.17) is 66.3 Å². The molecule has 13 rings (SSSR count). The highest BCUT2D eigenvalue weighted by molar-refractivity contribution is 5.83. The number of hydrogen-bond donors (Lipinski definition) is 3. The van der Waals surface area contributed by atoms with E-state index in [0.29, 0.717) is 0 Å². The smallest absolute Gasteiger partial charge is 0.407 e. The number of nitrogens with one attached hydrogen (secondary N) is 2. The van der Waals surface area contributed by atoms with Gasteiger partial charge in [0.2, 0.25) is 5.91 Å². The van der Waals surface area contributed by atoms with E-state index in [2.05, 4.69) is 22.8 Å². The molecule has 4 heterocycles. The Kier molecular flexibility index (Phi) is 23.0. The molecule has 0 saturated carbocycles. The molecule has 19 nitrogen and oxygen atoms in total. The molecule has 4 fully saturated rings. The van der Waals surface area contributed by atoms with E-state index in [-0.39, 0.29) is 52.2 Å². The number of carbonyl (C=O) groups is 2. The van der Waals surface area contributed by atoms with Gasteiger partial charge < -0.3 is 82.1 Å². The zero-order valence-electron chi connectivity index (χ0n) is 54.1. The van der Waals surface area contributed by atoms with Gasteiger partial charge in [-0.3, -0.25) is 4.79 Å². The van der Waals surface area contributed by atoms with E-state index in [1.54, 1.807) is 0 Å². The van der Waals surface area contributed by atoms with Crippen LogP contribution in [-0.2, 0) is 104 Å². The number of carbonyl (C=O) groups excluding carboxylic acids is 2. The maximum atomic E-state index is 14.6. The molecule has 3 N–H and O–H groups in total. The minimum absolute atomic E-state index is 0.0357. The Labute approximate surface area is 565 Å². The van der Waals surface area contributed by atoms with Gasteiger partial charge in [-0.2, -0.15) is 0 Å². The molecular formula is C78H82N2O17. The van der Waals surface area contributed by atoms with Gasteiger partial charge in [-0.05, 0) is 57.0 Å². The molecule has 19 heteroatoms. The molecule has 5 aliphatic rings. The Hall–Kier alpha value is -8.06. The number of rotatable bonds is 27. The van der Waals surface area contributed by atoms with Crippen LogP contribution in [0.5, 0.6) is 0 Å². The van der Waals surface area contributed by atoms with Gasteiger partial charge in [-0.25, -0.2) is 4.79 Å². The van der Waals surface area contributed by atoms with Crippen LogP contribution in [0.3, 0.4) is 0 Å². The second-order valence-electron chi connectivity index (χ2n) is 24.7. The van der Waals surface area contributed by atoms with Crippen LogP contribution >= 0.6 is 0 Å². The fourth-order valence-corrected chi connectivity index (χ4v) is 13.4. The first kappa shape index (κ1) is 67.5. The van der Waals surface area contributed by atoms with Crippen LogP contribution in [0.2, 0.25) is 0 Å². The monoisotopic (exact) mass is 1320 g/mol. The van der Waals surface area contributed by atoms with Gasteiger partial charge in [0.15, 0.2) is 25.2 Å². The van der Waals surface area contributed by atoms with Gasteiger partial charge >= 0.3 is 6.09 Å². The van der Waals surface area contributed by atoms with E-state index in [0.717, 1.165) is 55.6 Å². The number of alkyl carbamates (subject to hydrolysis) is 1. The van der Waals surface area contributed by atoms with Crippen molar-refractivity contribution in [2.45, 2.75) is 144 Å². The standard InChI is InChI=1S/C78H82N2O17/c1-50-66(85-43-51-25-9-3-10-26-51)71(97-77-72(88-46-54-31-15-6-16-32-54)70(87-45-53-29-13-5-14-30-53)67(62(42-81)93-77)86-44-52-27-11-4-12-28-52)73(89-47-55-33-17-7-18-34-55)76(92-50)96-69-65(75(84-2)94-63-49-90-74(95-68(63)69)56-35-19-8-20-36-56)80-64(82)41-79-78(83)91-48-61-59-39-23-21-37-57(59)58-38-22-24-40-60(58)61/h3-40,50,61-63,65-77,81H,41-49H2,1-2H3,(H,79,83)(H,80,82)/t50-,62-,63+,65+,66-,67-,68+,69+,70+,71+,72+,73+,74+,75+,76-,77-/m0/s1. The lowest BCUT2D eigenvalue weighted by atomic mass is 9.94. The molecule has 0 spiro atoms. The highest BCUT2D eigenvalue weighted by atomic mass is 16.8. The summed E-state index contributed by atoms with van der Waals surface area (Å²) in [6.45, 7) is 1.59. The van der Waals surface area contributed by atoms with Crippen molar-refractivity contribution in [3.63, 3.8) is 0 Å². The van der Waals surface area contributed by atoms with Crippen LogP contribution in [0.1, 0.15) is 63.6 Å². The van der Waals surface area contributed by atoms with Gasteiger partial charge in [0.05, 0.1) is 52.4 Å². The van der Waals surface area contributed by atoms with E-state index in [1.165, 1.54) is 7.11 Å². The number of methoxy groups -OCH3 is 1. The molecule has 4 saturated heterocycles. The number of aliphatic hydroxyl groups excluding tert-OH is 1. The van der Waals surface area contributed by atoms with E-state index < -0.39 is 123 Å². The Morgan fingerprint density at radius 1 is 0.474 bits per heavy atom. The fraction of sp³-hybridized carbons (Fsp3) is 0.359. The second-order valence-corrected chi connectivity index (χ2v) is 24.7. The molecule has 2 amide bonds. The minimum Gasteiger partial charge on any atom is -0.449 e. The van der Waals surface area contributed by atoms with E-state index in [9.17, 15) is 14.7 Å². The van der Waals surface area contributed by atoms with E-state index in [1.807, 2.05) is 225 Å². The molecule has 16 atom stereocenters. The first-order chi connectivity index (χ1) is 47.7. The summed E-state index contributed by atoms with van der Waals surface area (Å²) in [7, 11) is 1.46. The number of hydrogen-bond acceptors (Lipinski definition) is 17. The first-order valence-electron chi connectivity index (χ1n) is 33.1. The lowest BCUT2D eigenvalue weighted by molar-refractivity contribution is -0.395. The van der Waals surface area contributed by atoms with Crippen molar-refractivity contribution in [2.24, 2.45) is 0 Å². The number of aliphatic hydroxyl groups is 1. The van der Waals surface area contributed by atoms with Crippen molar-refractivity contribution < 1.29 is 81.0 Å². The number of benzene rings is 8. The Morgan fingerprint density at radius 2 is 0.918 bits per heavy atom. The molecular weight excluding hydrogens is 1240 g/mol. The van der Waals surface area contributed by atoms with Gasteiger partial charge in [0, 0.05) is 18.6 Å². The average Bonchev–Trinajstić information content (AvgIpc) is 1.75. The Bertz CT molecular complexity index is 3690. The molecule has 1 aliphatic carbocycles. The number of fused-ring (bicyclic) bond motifs is 4. The molecule has 0 bridgehead atoms. The zero-order valence-corrected chi connectivity index (χ0v) is 54.1. The Morgan fingerprint density at radius 3 is 1.43 bits per heavy atom. The molecule has 8 aromatic carbocycles. The summed E-state index contributed by atoms with van der Waals surface area (Å²) in [5, 5.41) is 17.3. The molecule has 0 aromatic heterocycles. The van der Waals surface area contributed by atoms with Crippen LogP contribution < -0.4 is 10.6 Å². The van der Waals surface area contributed by atoms with Crippen molar-refractivity contribution in [1.82, 2.24) is 10.6 Å². The molecule has 8 aromatic rings. The van der Waals surface area contributed by atoms with Gasteiger partial charge in [-0.1, -0.05) is 231 Å². The SMILES string of the molecule is CO[C@@H]1O[C@@H]2CO[C@@H](c3ccccc3)O[C@H]2[C@H](O[C@@H]2O[C@@H](C)[C@H](OCc3ccccc3)[C@@H](O[C@@H]3O[C@@H](CO)[C@H](OCc4ccccc4)[C@@H](OCc4ccccc4)[C@H]3OCc3ccccc3)[C@H]2OCc2ccccc2)[C@H]1NC(=O)CNC(=O)OCC1c2ccccc2-c2ccccc21. The third-order valence-electron chi connectivity index (χ3n) is 18.2. The van der Waals surface area contributed by atoms with Crippen molar-refractivity contribution in [2.75, 3.05) is 33.5 Å². The second kappa shape index (κ2) is 33.0. The normalized spacial score (nSPS) is 27.6. The van der Waals surface area contributed by atoms with E-state index >= 15 is 0 Å². The Balaban J connectivity index is 0.843. The van der Waals surface area contributed by atoms with Crippen LogP contribution in [0.15, 0.2) is 231 Å². The van der Waals surface area contributed by atoms with Gasteiger partial charge in [-0.15, -0.1) is 0 Å².